The van der Waals surface area contributed by atoms with Gasteiger partial charge in [0.15, 0.2) is 0 Å². The van der Waals surface area contributed by atoms with Crippen molar-refractivity contribution in [3.8, 4) is 5.75 Å². The molecule has 2 aromatic carbocycles. The third-order valence-electron chi connectivity index (χ3n) is 4.97. The summed E-state index contributed by atoms with van der Waals surface area (Å²) in [5.41, 5.74) is 2.96. The summed E-state index contributed by atoms with van der Waals surface area (Å²) in [6.07, 6.45) is 1.08. The molecule has 0 atom stereocenters. The molecule has 0 aliphatic carbocycles. The van der Waals surface area contributed by atoms with E-state index in [2.05, 4.69) is 28.2 Å². The van der Waals surface area contributed by atoms with Crippen molar-refractivity contribution in [2.24, 2.45) is 0 Å². The number of nitrogens with one attached hydrogen (secondary N) is 1. The van der Waals surface area contributed by atoms with Crippen LogP contribution in [0.25, 0.3) is 0 Å². The number of ether oxygens (including phenoxy) is 1. The molecule has 1 amide bonds. The van der Waals surface area contributed by atoms with Gasteiger partial charge in [0.2, 0.25) is 5.91 Å². The molecule has 0 unspecified atom stereocenters. The summed E-state index contributed by atoms with van der Waals surface area (Å²) in [4.78, 5) is 17.1. The smallest absolute Gasteiger partial charge is 0.224 e. The van der Waals surface area contributed by atoms with Crippen LogP contribution in [-0.2, 0) is 4.79 Å². The van der Waals surface area contributed by atoms with Gasteiger partial charge in [0.1, 0.15) is 5.75 Å². The molecule has 6 heteroatoms. The lowest BCUT2D eigenvalue weighted by atomic mass is 10.2. The molecular formula is C22H28ClN3O2. The molecule has 1 N–H and O–H groups in total. The number of benzene rings is 2. The largest absolute Gasteiger partial charge is 0.494 e. The lowest BCUT2D eigenvalue weighted by Crippen LogP contribution is -2.44. The minimum atomic E-state index is 0.0115. The van der Waals surface area contributed by atoms with Crippen molar-refractivity contribution in [2.45, 2.75) is 19.8 Å². The first-order valence-corrected chi connectivity index (χ1v) is 10.1. The van der Waals surface area contributed by atoms with E-state index in [4.69, 9.17) is 16.3 Å². The van der Waals surface area contributed by atoms with Crippen LogP contribution < -0.4 is 15.0 Å². The first kappa shape index (κ1) is 20.5. The van der Waals surface area contributed by atoms with E-state index < -0.39 is 0 Å². The fourth-order valence-corrected chi connectivity index (χ4v) is 3.36. The molecule has 0 spiro atoms. The number of carbonyl (C=O) groups is 1. The van der Waals surface area contributed by atoms with Crippen molar-refractivity contribution >= 4 is 28.9 Å². The van der Waals surface area contributed by atoms with Gasteiger partial charge in [-0.1, -0.05) is 23.7 Å². The molecule has 1 fully saturated rings. The van der Waals surface area contributed by atoms with Crippen LogP contribution in [0.1, 0.15) is 18.4 Å². The number of piperazine rings is 1. The maximum absolute atomic E-state index is 12.4. The van der Waals surface area contributed by atoms with E-state index in [0.717, 1.165) is 53.9 Å². The molecule has 2 aromatic rings. The highest BCUT2D eigenvalue weighted by molar-refractivity contribution is 6.31. The average molecular weight is 402 g/mol. The molecule has 1 heterocycles. The summed E-state index contributed by atoms with van der Waals surface area (Å²) in [5.74, 6) is 0.792. The second kappa shape index (κ2) is 9.80. The van der Waals surface area contributed by atoms with Gasteiger partial charge >= 0.3 is 0 Å². The van der Waals surface area contributed by atoms with Crippen LogP contribution in [0.3, 0.4) is 0 Å². The average Bonchev–Trinajstić information content (AvgIpc) is 2.69. The zero-order valence-corrected chi connectivity index (χ0v) is 17.3. The lowest BCUT2D eigenvalue weighted by molar-refractivity contribution is -0.116. The fourth-order valence-electron chi connectivity index (χ4n) is 3.24. The minimum Gasteiger partial charge on any atom is -0.494 e. The molecule has 5 nitrogen and oxygen atoms in total. The van der Waals surface area contributed by atoms with Gasteiger partial charge in [-0.15, -0.1) is 0 Å². The van der Waals surface area contributed by atoms with Crippen molar-refractivity contribution in [1.29, 1.82) is 0 Å². The van der Waals surface area contributed by atoms with E-state index >= 15 is 0 Å². The molecule has 0 saturated carbocycles. The molecule has 1 aliphatic heterocycles. The normalized spacial score (nSPS) is 14.8. The Kier molecular flexibility index (Phi) is 7.18. The van der Waals surface area contributed by atoms with Crippen LogP contribution in [0.2, 0.25) is 5.02 Å². The van der Waals surface area contributed by atoms with Crippen LogP contribution in [0.5, 0.6) is 5.75 Å². The van der Waals surface area contributed by atoms with E-state index in [0.29, 0.717) is 19.4 Å². The van der Waals surface area contributed by atoms with Crippen molar-refractivity contribution in [3.05, 3.63) is 53.1 Å². The Hall–Kier alpha value is -2.24. The van der Waals surface area contributed by atoms with Gasteiger partial charge in [-0.2, -0.15) is 0 Å². The number of hydrogen-bond donors (Lipinski definition) is 1. The third kappa shape index (κ3) is 5.63. The molecule has 0 aromatic heterocycles. The van der Waals surface area contributed by atoms with E-state index in [1.807, 2.05) is 43.3 Å². The first-order valence-electron chi connectivity index (χ1n) is 9.74. The van der Waals surface area contributed by atoms with Gasteiger partial charge in [0.25, 0.3) is 0 Å². The molecule has 1 aliphatic rings. The van der Waals surface area contributed by atoms with E-state index in [1.165, 1.54) is 0 Å². The number of para-hydroxylation sites is 2. The van der Waals surface area contributed by atoms with Gasteiger partial charge in [-0.05, 0) is 56.3 Å². The van der Waals surface area contributed by atoms with Gasteiger partial charge in [0, 0.05) is 37.6 Å². The Morgan fingerprint density at radius 3 is 2.64 bits per heavy atom. The molecular weight excluding hydrogens is 374 g/mol. The number of anilines is 2. The van der Waals surface area contributed by atoms with Crippen LogP contribution in [0, 0.1) is 6.92 Å². The van der Waals surface area contributed by atoms with Crippen LogP contribution in [-0.4, -0.2) is 50.6 Å². The monoisotopic (exact) mass is 401 g/mol. The van der Waals surface area contributed by atoms with Crippen molar-refractivity contribution < 1.29 is 9.53 Å². The quantitative estimate of drug-likeness (QED) is 0.706. The number of hydrogen-bond acceptors (Lipinski definition) is 4. The van der Waals surface area contributed by atoms with Crippen molar-refractivity contribution in [2.75, 3.05) is 50.1 Å². The predicted octanol–water partition coefficient (Wildman–Crippen LogP) is 4.20. The van der Waals surface area contributed by atoms with E-state index in [9.17, 15) is 4.79 Å². The van der Waals surface area contributed by atoms with Gasteiger partial charge in [-0.3, -0.25) is 4.79 Å². The Balaban J connectivity index is 1.47. The van der Waals surface area contributed by atoms with Crippen LogP contribution >= 0.6 is 11.6 Å². The third-order valence-corrected chi connectivity index (χ3v) is 5.39. The van der Waals surface area contributed by atoms with Crippen LogP contribution in [0.15, 0.2) is 42.5 Å². The summed E-state index contributed by atoms with van der Waals surface area (Å²) < 4.78 is 5.72. The highest BCUT2D eigenvalue weighted by Gasteiger charge is 2.17. The fraction of sp³-hybridized carbons (Fsp3) is 0.409. The molecule has 3 rings (SSSR count). The number of nitrogens with zero attached hydrogens (tertiary/aromatic N) is 2. The highest BCUT2D eigenvalue weighted by atomic mass is 35.5. The number of likely N-dealkylation sites (N-methyl/N-ethyl adjacent to an activating group) is 1. The van der Waals surface area contributed by atoms with E-state index in [-0.39, 0.29) is 5.91 Å². The zero-order chi connectivity index (χ0) is 19.9. The van der Waals surface area contributed by atoms with Crippen molar-refractivity contribution in [3.63, 3.8) is 0 Å². The molecule has 0 bridgehead atoms. The zero-order valence-electron chi connectivity index (χ0n) is 16.6. The second-order valence-corrected chi connectivity index (χ2v) is 7.63. The first-order chi connectivity index (χ1) is 13.5. The molecule has 150 valence electrons. The molecule has 28 heavy (non-hydrogen) atoms. The maximum Gasteiger partial charge on any atom is 0.224 e. The van der Waals surface area contributed by atoms with Crippen molar-refractivity contribution in [1.82, 2.24) is 4.90 Å². The second-order valence-electron chi connectivity index (χ2n) is 7.22. The lowest BCUT2D eigenvalue weighted by Gasteiger charge is -2.35. The number of aryl methyl sites for hydroxylation is 1. The topological polar surface area (TPSA) is 44.8 Å². The maximum atomic E-state index is 12.4. The Bertz CT molecular complexity index is 804. The predicted molar refractivity (Wildman–Crippen MR) is 116 cm³/mol. The summed E-state index contributed by atoms with van der Waals surface area (Å²) in [5, 5.41) is 3.79. The van der Waals surface area contributed by atoms with Gasteiger partial charge in [0.05, 0.1) is 18.0 Å². The Morgan fingerprint density at radius 1 is 1.14 bits per heavy atom. The molecule has 0 radical (unpaired) electrons. The highest BCUT2D eigenvalue weighted by Crippen LogP contribution is 2.27. The molecule has 1 saturated heterocycles. The van der Waals surface area contributed by atoms with Crippen LogP contribution in [0.4, 0.5) is 11.4 Å². The van der Waals surface area contributed by atoms with Gasteiger partial charge < -0.3 is 19.9 Å². The Labute approximate surface area is 172 Å². The number of rotatable bonds is 7. The standard InChI is InChI=1S/C22H28ClN3O2/c1-17-16-18(9-10-19(17)23)28-15-5-8-22(27)24-20-6-3-4-7-21(20)26-13-11-25(2)12-14-26/h3-4,6-7,9-10,16H,5,8,11-15H2,1-2H3,(H,24,27). The van der Waals surface area contributed by atoms with Gasteiger partial charge in [-0.25, -0.2) is 0 Å². The summed E-state index contributed by atoms with van der Waals surface area (Å²) in [7, 11) is 2.14. The van der Waals surface area contributed by atoms with E-state index in [1.54, 1.807) is 0 Å². The Morgan fingerprint density at radius 2 is 1.89 bits per heavy atom. The number of halogens is 1. The SMILES string of the molecule is Cc1cc(OCCCC(=O)Nc2ccccc2N2CCN(C)CC2)ccc1Cl. The summed E-state index contributed by atoms with van der Waals surface area (Å²) in [6, 6.07) is 13.6. The summed E-state index contributed by atoms with van der Waals surface area (Å²) >= 11 is 6.02. The number of amides is 1. The summed E-state index contributed by atoms with van der Waals surface area (Å²) in [6.45, 7) is 6.44. The number of carbonyl (C=O) groups excluding carboxylic acids is 1. The minimum absolute atomic E-state index is 0.0115.